The fourth-order valence-electron chi connectivity index (χ4n) is 5.36. The number of anilines is 3. The highest BCUT2D eigenvalue weighted by atomic mass is 19.2. The van der Waals surface area contributed by atoms with Gasteiger partial charge in [-0.1, -0.05) is 0 Å². The van der Waals surface area contributed by atoms with Crippen molar-refractivity contribution in [2.24, 2.45) is 0 Å². The third-order valence-electron chi connectivity index (χ3n) is 8.15. The third kappa shape index (κ3) is 10.9. The summed E-state index contributed by atoms with van der Waals surface area (Å²) in [4.78, 5) is 52.5. The summed E-state index contributed by atoms with van der Waals surface area (Å²) in [6.45, 7) is -5.24. The molecule has 0 saturated heterocycles. The molecule has 0 bridgehead atoms. The molecule has 0 N–H and O–H groups in total. The number of hydrogen-bond donors (Lipinski definition) is 0. The Bertz CT molecular complexity index is 1940. The van der Waals surface area contributed by atoms with Gasteiger partial charge >= 0.3 is 23.9 Å². The number of benzene rings is 3. The summed E-state index contributed by atoms with van der Waals surface area (Å²) in [5.74, 6) is -15.5. The number of carbonyl (C=O) groups excluding carboxylic acids is 4. The van der Waals surface area contributed by atoms with E-state index in [1.165, 1.54) is 23.1 Å². The van der Waals surface area contributed by atoms with E-state index < -0.39 is 147 Å². The highest BCUT2D eigenvalue weighted by molar-refractivity contribution is 5.82. The van der Waals surface area contributed by atoms with Gasteiger partial charge in [0.1, 0.15) is 75.5 Å². The van der Waals surface area contributed by atoms with Crippen LogP contribution in [0, 0.1) is 34.9 Å². The van der Waals surface area contributed by atoms with Crippen LogP contribution in [0.5, 0.6) is 23.0 Å². The van der Waals surface area contributed by atoms with Gasteiger partial charge in [0.15, 0.2) is 46.4 Å². The second-order valence-electron chi connectivity index (χ2n) is 11.7. The average molecular weight is 818 g/mol. The van der Waals surface area contributed by atoms with E-state index in [1.54, 1.807) is 0 Å². The highest BCUT2D eigenvalue weighted by Crippen LogP contribution is 2.38. The molecule has 0 spiro atoms. The van der Waals surface area contributed by atoms with Gasteiger partial charge in [0.25, 0.3) is 0 Å². The SMILES string of the molecule is COC(=O)CN(CC(=O)OC)c1ccc2c(c1)OCCN(CC(=O)OC)c1c(cc(F)c(F)c1F)OCCOc1cc(F)c(F)c(F)c1N(CC(=O)OC)CCO2. The van der Waals surface area contributed by atoms with Crippen molar-refractivity contribution < 1.29 is 83.4 Å². The topological polar surface area (TPSA) is 152 Å². The fourth-order valence-corrected chi connectivity index (χ4v) is 5.36. The minimum absolute atomic E-state index is 0.0567. The van der Waals surface area contributed by atoms with E-state index in [-0.39, 0.29) is 17.2 Å². The Morgan fingerprint density at radius 1 is 0.544 bits per heavy atom. The van der Waals surface area contributed by atoms with Crippen LogP contribution in [0.3, 0.4) is 0 Å². The van der Waals surface area contributed by atoms with Crippen molar-refractivity contribution in [2.75, 3.05) is 109 Å². The van der Waals surface area contributed by atoms with Crippen molar-refractivity contribution in [1.29, 1.82) is 0 Å². The Hall–Kier alpha value is -6.28. The number of halogens is 6. The molecular formula is C36H37F6N3O12. The van der Waals surface area contributed by atoms with Gasteiger partial charge in [-0.25, -0.2) is 26.3 Å². The summed E-state index contributed by atoms with van der Waals surface area (Å²) >= 11 is 0. The summed E-state index contributed by atoms with van der Waals surface area (Å²) in [5.41, 5.74) is -1.30. The van der Waals surface area contributed by atoms with Crippen LogP contribution >= 0.6 is 0 Å². The number of nitrogens with zero attached hydrogens (tertiary/aromatic N) is 3. The summed E-state index contributed by atoms with van der Waals surface area (Å²) in [6.07, 6.45) is 0. The lowest BCUT2D eigenvalue weighted by molar-refractivity contribution is -0.141. The van der Waals surface area contributed by atoms with Crippen LogP contribution < -0.4 is 33.6 Å². The van der Waals surface area contributed by atoms with E-state index in [2.05, 4.69) is 0 Å². The fraction of sp³-hybridized carbons (Fsp3) is 0.389. The van der Waals surface area contributed by atoms with Crippen molar-refractivity contribution in [3.05, 3.63) is 65.2 Å². The molecule has 1 aliphatic rings. The molecule has 4 rings (SSSR count). The van der Waals surface area contributed by atoms with Crippen molar-refractivity contribution in [1.82, 2.24) is 0 Å². The van der Waals surface area contributed by atoms with E-state index in [0.717, 1.165) is 38.2 Å². The Morgan fingerprint density at radius 3 is 1.37 bits per heavy atom. The standard InChI is InChI=1S/C36H37F6N3O12/c1-50-27(46)16-43-7-9-54-23-6-5-20(45(18-29(48)52-3)19-30(49)53-4)13-24(23)55-10-8-44(17-28(47)51-2)36-26(15-22(38)32(40)34(36)42)57-12-11-56-25-14-21(37)31(39)33(41)35(25)43/h5-6,13-15H,7-12,16-19H2,1-4H3. The number of rotatable bonds is 9. The van der Waals surface area contributed by atoms with Crippen molar-refractivity contribution in [3.63, 3.8) is 0 Å². The molecule has 0 aromatic heterocycles. The molecule has 0 amide bonds. The van der Waals surface area contributed by atoms with Crippen molar-refractivity contribution in [2.45, 2.75) is 0 Å². The molecular weight excluding hydrogens is 780 g/mol. The zero-order valence-electron chi connectivity index (χ0n) is 31.0. The predicted molar refractivity (Wildman–Crippen MR) is 186 cm³/mol. The Morgan fingerprint density at radius 2 is 0.947 bits per heavy atom. The zero-order valence-corrected chi connectivity index (χ0v) is 31.0. The maximum absolute atomic E-state index is 15.6. The van der Waals surface area contributed by atoms with Gasteiger partial charge in [-0.3, -0.25) is 19.2 Å². The minimum atomic E-state index is -1.92. The first-order valence-electron chi connectivity index (χ1n) is 16.7. The van der Waals surface area contributed by atoms with E-state index in [4.69, 9.17) is 37.9 Å². The largest absolute Gasteiger partial charge is 0.488 e. The molecule has 0 atom stereocenters. The molecule has 1 aliphatic heterocycles. The van der Waals surface area contributed by atoms with Crippen LogP contribution in [0.15, 0.2) is 30.3 Å². The number of fused-ring (bicyclic) bond motifs is 3. The van der Waals surface area contributed by atoms with Crippen LogP contribution in [0.25, 0.3) is 0 Å². The number of carbonyl (C=O) groups is 4. The van der Waals surface area contributed by atoms with Gasteiger partial charge in [0.05, 0.1) is 41.5 Å². The monoisotopic (exact) mass is 817 g/mol. The lowest BCUT2D eigenvalue weighted by Gasteiger charge is -2.28. The van der Waals surface area contributed by atoms with Crippen LogP contribution in [-0.4, -0.2) is 118 Å². The number of hydrogen-bond acceptors (Lipinski definition) is 15. The summed E-state index contributed by atoms with van der Waals surface area (Å²) in [7, 11) is 4.32. The number of ether oxygens (including phenoxy) is 8. The molecule has 57 heavy (non-hydrogen) atoms. The van der Waals surface area contributed by atoms with Crippen LogP contribution in [0.4, 0.5) is 43.4 Å². The molecule has 21 heteroatoms. The predicted octanol–water partition coefficient (Wildman–Crippen LogP) is 3.56. The third-order valence-corrected chi connectivity index (χ3v) is 8.15. The highest BCUT2D eigenvalue weighted by Gasteiger charge is 2.29. The van der Waals surface area contributed by atoms with Gasteiger partial charge in [0.2, 0.25) is 0 Å². The molecule has 3 aromatic carbocycles. The molecule has 3 aromatic rings. The summed E-state index contributed by atoms with van der Waals surface area (Å²) in [5, 5.41) is 0. The molecule has 0 saturated carbocycles. The molecule has 15 nitrogen and oxygen atoms in total. The van der Waals surface area contributed by atoms with Gasteiger partial charge in [-0.05, 0) is 12.1 Å². The Labute approximate surface area is 321 Å². The van der Waals surface area contributed by atoms with Gasteiger partial charge in [-0.2, -0.15) is 0 Å². The van der Waals surface area contributed by atoms with Crippen LogP contribution in [0.1, 0.15) is 0 Å². The molecule has 310 valence electrons. The van der Waals surface area contributed by atoms with E-state index in [9.17, 15) is 36.7 Å². The van der Waals surface area contributed by atoms with Crippen LogP contribution in [-0.2, 0) is 38.1 Å². The lowest BCUT2D eigenvalue weighted by atomic mass is 10.2. The van der Waals surface area contributed by atoms with Gasteiger partial charge in [-0.15, -0.1) is 0 Å². The van der Waals surface area contributed by atoms with Crippen LogP contribution in [0.2, 0.25) is 0 Å². The van der Waals surface area contributed by atoms with E-state index >= 15 is 8.78 Å². The molecule has 0 unspecified atom stereocenters. The molecule has 0 fully saturated rings. The lowest BCUT2D eigenvalue weighted by Crippen LogP contribution is -2.36. The number of esters is 4. The minimum Gasteiger partial charge on any atom is -0.488 e. The first-order valence-corrected chi connectivity index (χ1v) is 16.7. The maximum Gasteiger partial charge on any atom is 0.325 e. The molecule has 1 heterocycles. The van der Waals surface area contributed by atoms with E-state index in [1.807, 2.05) is 0 Å². The summed E-state index contributed by atoms with van der Waals surface area (Å²) < 4.78 is 131. The second-order valence-corrected chi connectivity index (χ2v) is 11.7. The van der Waals surface area contributed by atoms with Gasteiger partial charge in [0, 0.05) is 23.9 Å². The maximum atomic E-state index is 15.6. The smallest absolute Gasteiger partial charge is 0.325 e. The second kappa shape index (κ2) is 20.1. The quantitative estimate of drug-likeness (QED) is 0.134. The molecule has 0 aliphatic carbocycles. The first kappa shape index (κ1) is 43.4. The summed E-state index contributed by atoms with van der Waals surface area (Å²) in [6, 6.07) is 5.07. The number of methoxy groups -OCH3 is 4. The zero-order chi connectivity index (χ0) is 41.8. The molecule has 0 radical (unpaired) electrons. The average Bonchev–Trinajstić information content (AvgIpc) is 3.19. The van der Waals surface area contributed by atoms with Crippen molar-refractivity contribution >= 4 is 40.9 Å². The van der Waals surface area contributed by atoms with Gasteiger partial charge < -0.3 is 52.6 Å². The Kier molecular flexibility index (Phi) is 15.3. The van der Waals surface area contributed by atoms with Crippen molar-refractivity contribution in [3.8, 4) is 23.0 Å². The first-order chi connectivity index (χ1) is 27.2. The normalized spacial score (nSPS) is 13.4. The Balaban J connectivity index is 1.87. The van der Waals surface area contributed by atoms with E-state index in [0.29, 0.717) is 12.1 Å².